The maximum atomic E-state index is 12.3. The van der Waals surface area contributed by atoms with Crippen molar-refractivity contribution in [3.05, 3.63) is 0 Å². The summed E-state index contributed by atoms with van der Waals surface area (Å²) in [5.41, 5.74) is 0. The highest BCUT2D eigenvalue weighted by Crippen LogP contribution is 2.21. The molecule has 3 saturated heterocycles. The molecule has 3 aliphatic heterocycles. The molecule has 0 aromatic heterocycles. The number of nitrogens with zero attached hydrogens (tertiary/aromatic N) is 2. The highest BCUT2D eigenvalue weighted by Gasteiger charge is 2.33. The number of halogens is 2. The lowest BCUT2D eigenvalue weighted by atomic mass is 10.1. The third-order valence-corrected chi connectivity index (χ3v) is 4.52. The van der Waals surface area contributed by atoms with Gasteiger partial charge in [0.1, 0.15) is 6.10 Å². The minimum atomic E-state index is -0.251. The van der Waals surface area contributed by atoms with Gasteiger partial charge in [-0.25, -0.2) is 0 Å². The number of amides is 1. The van der Waals surface area contributed by atoms with E-state index in [-0.39, 0.29) is 36.8 Å². The molecule has 0 radical (unpaired) electrons. The maximum Gasteiger partial charge on any atom is 0.253 e. The third kappa shape index (κ3) is 4.96. The number of ether oxygens (including phenoxy) is 1. The molecule has 0 aromatic carbocycles. The molecular weight excluding hydrogens is 313 g/mol. The van der Waals surface area contributed by atoms with E-state index in [2.05, 4.69) is 10.2 Å². The minimum Gasteiger partial charge on any atom is -0.366 e. The van der Waals surface area contributed by atoms with E-state index in [4.69, 9.17) is 4.74 Å². The van der Waals surface area contributed by atoms with E-state index < -0.39 is 0 Å². The highest BCUT2D eigenvalue weighted by atomic mass is 35.5. The summed E-state index contributed by atoms with van der Waals surface area (Å²) in [7, 11) is 0. The summed E-state index contributed by atoms with van der Waals surface area (Å²) in [6.07, 6.45) is 3.59. The van der Waals surface area contributed by atoms with E-state index >= 15 is 0 Å². The summed E-state index contributed by atoms with van der Waals surface area (Å²) in [5, 5.41) is 3.23. The van der Waals surface area contributed by atoms with Crippen molar-refractivity contribution in [1.82, 2.24) is 15.1 Å². The Hall–Kier alpha value is -0.0700. The second kappa shape index (κ2) is 9.16. The van der Waals surface area contributed by atoms with Crippen molar-refractivity contribution in [3.63, 3.8) is 0 Å². The molecule has 0 spiro atoms. The van der Waals surface area contributed by atoms with Gasteiger partial charge in [0.05, 0.1) is 6.61 Å². The van der Waals surface area contributed by atoms with Crippen molar-refractivity contribution in [2.24, 2.45) is 5.92 Å². The second-order valence-electron chi connectivity index (χ2n) is 6.01. The van der Waals surface area contributed by atoms with Crippen molar-refractivity contribution < 1.29 is 9.53 Å². The van der Waals surface area contributed by atoms with Crippen LogP contribution < -0.4 is 5.32 Å². The van der Waals surface area contributed by atoms with Crippen LogP contribution in [0.2, 0.25) is 0 Å². The van der Waals surface area contributed by atoms with Gasteiger partial charge in [-0.05, 0) is 38.3 Å². The smallest absolute Gasteiger partial charge is 0.253 e. The van der Waals surface area contributed by atoms with Gasteiger partial charge < -0.3 is 19.9 Å². The molecule has 3 fully saturated rings. The van der Waals surface area contributed by atoms with Crippen molar-refractivity contribution >= 4 is 30.7 Å². The van der Waals surface area contributed by atoms with E-state index in [0.29, 0.717) is 19.1 Å². The Morgan fingerprint density at radius 2 is 1.95 bits per heavy atom. The Kier molecular flexibility index (Phi) is 8.27. The standard InChI is InChI=1S/C14H25N3O2.2ClH/c18-14(13-9-15-4-8-19-13)17-7-3-12(11-17)10-16-5-1-2-6-16;;/h12-13,15H,1-11H2;2*1H. The van der Waals surface area contributed by atoms with E-state index in [9.17, 15) is 4.79 Å². The van der Waals surface area contributed by atoms with E-state index in [1.165, 1.54) is 32.5 Å². The summed E-state index contributed by atoms with van der Waals surface area (Å²) in [5.74, 6) is 0.856. The Morgan fingerprint density at radius 3 is 2.62 bits per heavy atom. The molecule has 7 heteroatoms. The van der Waals surface area contributed by atoms with Gasteiger partial charge >= 0.3 is 0 Å². The van der Waals surface area contributed by atoms with Crippen molar-refractivity contribution in [3.8, 4) is 0 Å². The van der Waals surface area contributed by atoms with E-state index in [0.717, 1.165) is 26.1 Å². The molecule has 3 aliphatic rings. The van der Waals surface area contributed by atoms with Crippen LogP contribution in [0.4, 0.5) is 0 Å². The van der Waals surface area contributed by atoms with Crippen molar-refractivity contribution in [2.45, 2.75) is 25.4 Å². The molecule has 5 nitrogen and oxygen atoms in total. The van der Waals surface area contributed by atoms with Crippen LogP contribution in [0.25, 0.3) is 0 Å². The van der Waals surface area contributed by atoms with Gasteiger partial charge in [-0.2, -0.15) is 0 Å². The first kappa shape index (κ1) is 19.0. The van der Waals surface area contributed by atoms with Crippen LogP contribution in [-0.4, -0.2) is 74.2 Å². The molecule has 124 valence electrons. The number of nitrogens with one attached hydrogen (secondary N) is 1. The fourth-order valence-corrected chi connectivity index (χ4v) is 3.44. The number of likely N-dealkylation sites (tertiary alicyclic amines) is 2. The van der Waals surface area contributed by atoms with Gasteiger partial charge in [0.2, 0.25) is 0 Å². The first-order chi connectivity index (χ1) is 9.33. The van der Waals surface area contributed by atoms with Crippen molar-refractivity contribution in [1.29, 1.82) is 0 Å². The number of carbonyl (C=O) groups is 1. The van der Waals surface area contributed by atoms with Gasteiger partial charge in [0.15, 0.2) is 0 Å². The Labute approximate surface area is 139 Å². The topological polar surface area (TPSA) is 44.8 Å². The maximum absolute atomic E-state index is 12.3. The number of rotatable bonds is 3. The normalized spacial score (nSPS) is 29.8. The molecule has 21 heavy (non-hydrogen) atoms. The van der Waals surface area contributed by atoms with Gasteiger partial charge in [0, 0.05) is 32.7 Å². The summed E-state index contributed by atoms with van der Waals surface area (Å²) >= 11 is 0. The van der Waals surface area contributed by atoms with E-state index in [1.807, 2.05) is 4.90 Å². The Morgan fingerprint density at radius 1 is 1.19 bits per heavy atom. The molecule has 0 saturated carbocycles. The SMILES string of the molecule is Cl.Cl.O=C(C1CNCCO1)N1CCC(CN2CCCC2)C1. The first-order valence-electron chi connectivity index (χ1n) is 7.66. The molecule has 2 unspecified atom stereocenters. The number of carbonyl (C=O) groups excluding carboxylic acids is 1. The average Bonchev–Trinajstić information content (AvgIpc) is 3.11. The summed E-state index contributed by atoms with van der Waals surface area (Å²) < 4.78 is 5.56. The molecule has 1 amide bonds. The molecule has 0 aliphatic carbocycles. The lowest BCUT2D eigenvalue weighted by Crippen LogP contribution is -2.49. The van der Waals surface area contributed by atoms with Crippen LogP contribution in [0.15, 0.2) is 0 Å². The van der Waals surface area contributed by atoms with Crippen LogP contribution in [0.1, 0.15) is 19.3 Å². The number of hydrogen-bond donors (Lipinski definition) is 1. The first-order valence-corrected chi connectivity index (χ1v) is 7.66. The predicted molar refractivity (Wildman–Crippen MR) is 87.5 cm³/mol. The fraction of sp³-hybridized carbons (Fsp3) is 0.929. The van der Waals surface area contributed by atoms with Crippen LogP contribution in [0.5, 0.6) is 0 Å². The third-order valence-electron chi connectivity index (χ3n) is 4.52. The molecule has 0 aromatic rings. The fourth-order valence-electron chi connectivity index (χ4n) is 3.44. The Balaban J connectivity index is 0.00000110. The molecule has 3 rings (SSSR count). The lowest BCUT2D eigenvalue weighted by Gasteiger charge is -2.27. The van der Waals surface area contributed by atoms with Gasteiger partial charge in [-0.15, -0.1) is 24.8 Å². The van der Waals surface area contributed by atoms with Gasteiger partial charge in [-0.3, -0.25) is 4.79 Å². The monoisotopic (exact) mass is 339 g/mol. The molecule has 1 N–H and O–H groups in total. The molecule has 0 bridgehead atoms. The highest BCUT2D eigenvalue weighted by molar-refractivity contribution is 5.85. The number of morpholine rings is 1. The minimum absolute atomic E-state index is 0. The zero-order valence-corrected chi connectivity index (χ0v) is 14.1. The summed E-state index contributed by atoms with van der Waals surface area (Å²) in [4.78, 5) is 16.9. The van der Waals surface area contributed by atoms with Crippen molar-refractivity contribution in [2.75, 3.05) is 52.4 Å². The van der Waals surface area contributed by atoms with Crippen LogP contribution in [-0.2, 0) is 9.53 Å². The molecule has 3 heterocycles. The molecule has 2 atom stereocenters. The second-order valence-corrected chi connectivity index (χ2v) is 6.01. The Bertz CT molecular complexity index is 321. The average molecular weight is 340 g/mol. The predicted octanol–water partition coefficient (Wildman–Crippen LogP) is 0.763. The lowest BCUT2D eigenvalue weighted by molar-refractivity contribution is -0.144. The summed E-state index contributed by atoms with van der Waals surface area (Å²) in [6, 6.07) is 0. The number of hydrogen-bond acceptors (Lipinski definition) is 4. The van der Waals surface area contributed by atoms with Crippen LogP contribution in [0.3, 0.4) is 0 Å². The molecular formula is C14H27Cl2N3O2. The van der Waals surface area contributed by atoms with E-state index in [1.54, 1.807) is 0 Å². The van der Waals surface area contributed by atoms with Gasteiger partial charge in [-0.1, -0.05) is 0 Å². The quantitative estimate of drug-likeness (QED) is 0.824. The summed E-state index contributed by atoms with van der Waals surface area (Å²) in [6.45, 7) is 7.70. The van der Waals surface area contributed by atoms with Crippen LogP contribution in [0, 0.1) is 5.92 Å². The zero-order valence-electron chi connectivity index (χ0n) is 12.5. The van der Waals surface area contributed by atoms with Gasteiger partial charge in [0.25, 0.3) is 5.91 Å². The van der Waals surface area contributed by atoms with Crippen LogP contribution >= 0.6 is 24.8 Å². The largest absolute Gasteiger partial charge is 0.366 e. The zero-order chi connectivity index (χ0) is 13.1.